The Hall–Kier alpha value is -2.35. The van der Waals surface area contributed by atoms with E-state index in [4.69, 9.17) is 0 Å². The summed E-state index contributed by atoms with van der Waals surface area (Å²) in [6.45, 7) is 3.01. The lowest BCUT2D eigenvalue weighted by Gasteiger charge is -2.10. The molecule has 0 saturated heterocycles. The summed E-state index contributed by atoms with van der Waals surface area (Å²) >= 11 is 0. The zero-order chi connectivity index (χ0) is 13.8. The summed E-state index contributed by atoms with van der Waals surface area (Å²) in [5, 5.41) is 4.67. The fourth-order valence-corrected chi connectivity index (χ4v) is 2.35. The second-order valence-corrected chi connectivity index (χ2v) is 4.90. The van der Waals surface area contributed by atoms with E-state index in [1.165, 1.54) is 16.5 Å². The Balaban J connectivity index is 1.79. The van der Waals surface area contributed by atoms with Crippen LogP contribution in [0.5, 0.6) is 0 Å². The van der Waals surface area contributed by atoms with Crippen molar-refractivity contribution in [2.24, 2.45) is 0 Å². The number of fused-ring (bicyclic) bond motifs is 1. The molecule has 0 aliphatic carbocycles. The topological polar surface area (TPSA) is 24.9 Å². The number of hydrogen-bond acceptors (Lipinski definition) is 2. The molecule has 0 bridgehead atoms. The number of nitrogens with zero attached hydrogens (tertiary/aromatic N) is 1. The van der Waals surface area contributed by atoms with Crippen molar-refractivity contribution in [2.45, 2.75) is 19.9 Å². The van der Waals surface area contributed by atoms with Crippen LogP contribution in [0.1, 0.15) is 18.1 Å². The predicted octanol–water partition coefficient (Wildman–Crippen LogP) is 4.41. The van der Waals surface area contributed by atoms with Crippen LogP contribution in [0.3, 0.4) is 0 Å². The number of nitrogens with one attached hydrogen (secondary N) is 1. The van der Waals surface area contributed by atoms with E-state index in [-0.39, 0.29) is 0 Å². The van der Waals surface area contributed by atoms with Crippen LogP contribution in [0.15, 0.2) is 60.8 Å². The van der Waals surface area contributed by atoms with Gasteiger partial charge in [0, 0.05) is 23.8 Å². The first-order valence-corrected chi connectivity index (χ1v) is 7.02. The molecule has 2 heteroatoms. The Bertz CT molecular complexity index is 697. The summed E-state index contributed by atoms with van der Waals surface area (Å²) in [4.78, 5) is 4.38. The molecule has 0 atom stereocenters. The Morgan fingerprint density at radius 1 is 0.900 bits per heavy atom. The standard InChI is InChI=1S/C18H18N2/c1-2-14-8-10-15(11-9-14)13-20-18-7-3-6-17-16(18)5-4-12-19-17/h3-12,20H,2,13H2,1H3. The van der Waals surface area contributed by atoms with Gasteiger partial charge >= 0.3 is 0 Å². The molecule has 1 N–H and O–H groups in total. The molecule has 0 aliphatic rings. The van der Waals surface area contributed by atoms with Gasteiger partial charge in [0.25, 0.3) is 0 Å². The maximum Gasteiger partial charge on any atom is 0.0722 e. The van der Waals surface area contributed by atoms with Crippen LogP contribution in [-0.4, -0.2) is 4.98 Å². The lowest BCUT2D eigenvalue weighted by atomic mass is 10.1. The minimum absolute atomic E-state index is 0.831. The number of pyridine rings is 1. The quantitative estimate of drug-likeness (QED) is 0.753. The molecule has 1 heterocycles. The average molecular weight is 262 g/mol. The highest BCUT2D eigenvalue weighted by molar-refractivity contribution is 5.91. The number of benzene rings is 2. The molecule has 1 aromatic heterocycles. The van der Waals surface area contributed by atoms with E-state index in [1.807, 2.05) is 24.4 Å². The fourth-order valence-electron chi connectivity index (χ4n) is 2.35. The summed E-state index contributed by atoms with van der Waals surface area (Å²) in [6.07, 6.45) is 2.91. The van der Waals surface area contributed by atoms with E-state index in [2.05, 4.69) is 53.6 Å². The third kappa shape index (κ3) is 2.64. The van der Waals surface area contributed by atoms with E-state index in [0.29, 0.717) is 0 Å². The van der Waals surface area contributed by atoms with Crippen LogP contribution in [0, 0.1) is 0 Å². The Labute approximate surface area is 119 Å². The van der Waals surface area contributed by atoms with E-state index in [0.717, 1.165) is 24.2 Å². The van der Waals surface area contributed by atoms with Crippen molar-refractivity contribution in [3.8, 4) is 0 Å². The molecule has 0 spiro atoms. The van der Waals surface area contributed by atoms with Crippen molar-refractivity contribution in [2.75, 3.05) is 5.32 Å². The highest BCUT2D eigenvalue weighted by Crippen LogP contribution is 2.21. The van der Waals surface area contributed by atoms with E-state index >= 15 is 0 Å². The summed E-state index contributed by atoms with van der Waals surface area (Å²) in [7, 11) is 0. The normalized spacial score (nSPS) is 10.7. The van der Waals surface area contributed by atoms with Gasteiger partial charge in [-0.2, -0.15) is 0 Å². The van der Waals surface area contributed by atoms with Gasteiger partial charge in [0.2, 0.25) is 0 Å². The zero-order valence-corrected chi connectivity index (χ0v) is 11.6. The van der Waals surface area contributed by atoms with Crippen LogP contribution >= 0.6 is 0 Å². The van der Waals surface area contributed by atoms with Crippen LogP contribution in [-0.2, 0) is 13.0 Å². The summed E-state index contributed by atoms with van der Waals surface area (Å²) in [5.74, 6) is 0. The Morgan fingerprint density at radius 2 is 1.70 bits per heavy atom. The molecule has 20 heavy (non-hydrogen) atoms. The summed E-state index contributed by atoms with van der Waals surface area (Å²) in [5.41, 5.74) is 4.83. The molecular weight excluding hydrogens is 244 g/mol. The number of aryl methyl sites for hydroxylation is 1. The molecule has 0 fully saturated rings. The lowest BCUT2D eigenvalue weighted by molar-refractivity contribution is 1.11. The molecule has 0 saturated carbocycles. The second kappa shape index (κ2) is 5.74. The van der Waals surface area contributed by atoms with Crippen molar-refractivity contribution in [1.29, 1.82) is 0 Å². The van der Waals surface area contributed by atoms with Gasteiger partial charge < -0.3 is 5.32 Å². The van der Waals surface area contributed by atoms with Gasteiger partial charge in [-0.05, 0) is 41.8 Å². The van der Waals surface area contributed by atoms with Crippen molar-refractivity contribution in [1.82, 2.24) is 4.98 Å². The molecule has 3 aromatic rings. The first-order valence-electron chi connectivity index (χ1n) is 7.02. The van der Waals surface area contributed by atoms with Gasteiger partial charge in [-0.1, -0.05) is 37.3 Å². The largest absolute Gasteiger partial charge is 0.380 e. The molecule has 3 rings (SSSR count). The monoisotopic (exact) mass is 262 g/mol. The van der Waals surface area contributed by atoms with Crippen molar-refractivity contribution in [3.05, 3.63) is 71.9 Å². The van der Waals surface area contributed by atoms with Gasteiger partial charge in [-0.15, -0.1) is 0 Å². The highest BCUT2D eigenvalue weighted by Gasteiger charge is 2.00. The van der Waals surface area contributed by atoms with Crippen molar-refractivity contribution in [3.63, 3.8) is 0 Å². The number of aromatic nitrogens is 1. The molecule has 100 valence electrons. The molecule has 2 nitrogen and oxygen atoms in total. The van der Waals surface area contributed by atoms with Gasteiger partial charge in [-0.3, -0.25) is 4.98 Å². The number of rotatable bonds is 4. The van der Waals surface area contributed by atoms with Crippen molar-refractivity contribution >= 4 is 16.6 Å². The Morgan fingerprint density at radius 3 is 2.50 bits per heavy atom. The summed E-state index contributed by atoms with van der Waals surface area (Å²) in [6, 6.07) is 19.0. The number of hydrogen-bond donors (Lipinski definition) is 1. The number of anilines is 1. The molecule has 2 aromatic carbocycles. The van der Waals surface area contributed by atoms with Crippen LogP contribution in [0.2, 0.25) is 0 Å². The molecule has 0 unspecified atom stereocenters. The van der Waals surface area contributed by atoms with Gasteiger partial charge in [0.1, 0.15) is 0 Å². The van der Waals surface area contributed by atoms with E-state index in [1.54, 1.807) is 0 Å². The first-order chi connectivity index (χ1) is 9.86. The molecule has 0 radical (unpaired) electrons. The predicted molar refractivity (Wildman–Crippen MR) is 84.9 cm³/mol. The zero-order valence-electron chi connectivity index (χ0n) is 11.6. The molecule has 0 amide bonds. The minimum Gasteiger partial charge on any atom is -0.380 e. The Kier molecular flexibility index (Phi) is 3.64. The molecule has 0 aliphatic heterocycles. The summed E-state index contributed by atoms with van der Waals surface area (Å²) < 4.78 is 0. The fraction of sp³-hybridized carbons (Fsp3) is 0.167. The van der Waals surface area contributed by atoms with Gasteiger partial charge in [0.15, 0.2) is 0 Å². The average Bonchev–Trinajstić information content (AvgIpc) is 2.53. The highest BCUT2D eigenvalue weighted by atomic mass is 14.9. The first kappa shape index (κ1) is 12.7. The molecular formula is C18H18N2. The van der Waals surface area contributed by atoms with Crippen molar-refractivity contribution < 1.29 is 0 Å². The third-order valence-electron chi connectivity index (χ3n) is 3.56. The maximum atomic E-state index is 4.38. The third-order valence-corrected chi connectivity index (χ3v) is 3.56. The van der Waals surface area contributed by atoms with Crippen LogP contribution in [0.25, 0.3) is 10.9 Å². The SMILES string of the molecule is CCc1ccc(CNc2cccc3ncccc23)cc1. The van der Waals surface area contributed by atoms with E-state index < -0.39 is 0 Å². The van der Waals surface area contributed by atoms with Crippen LogP contribution in [0.4, 0.5) is 5.69 Å². The van der Waals surface area contributed by atoms with Crippen LogP contribution < -0.4 is 5.32 Å². The van der Waals surface area contributed by atoms with Gasteiger partial charge in [0.05, 0.1) is 5.52 Å². The second-order valence-electron chi connectivity index (χ2n) is 4.90. The smallest absolute Gasteiger partial charge is 0.0722 e. The maximum absolute atomic E-state index is 4.38. The lowest BCUT2D eigenvalue weighted by Crippen LogP contribution is -2.00. The minimum atomic E-state index is 0.831. The van der Waals surface area contributed by atoms with E-state index in [9.17, 15) is 0 Å². The van der Waals surface area contributed by atoms with Gasteiger partial charge in [-0.25, -0.2) is 0 Å².